The quantitative estimate of drug-likeness (QED) is 0.314. The molecule has 0 bridgehead atoms. The average Bonchev–Trinajstić information content (AvgIpc) is 2.72. The van der Waals surface area contributed by atoms with Crippen molar-refractivity contribution in [1.29, 1.82) is 0 Å². The van der Waals surface area contributed by atoms with Gasteiger partial charge in [0, 0.05) is 24.0 Å². The summed E-state index contributed by atoms with van der Waals surface area (Å²) < 4.78 is 70.8. The highest BCUT2D eigenvalue weighted by molar-refractivity contribution is 7.90. The summed E-state index contributed by atoms with van der Waals surface area (Å²) in [6.07, 6.45) is -3.36. The third-order valence-electron chi connectivity index (χ3n) is 5.02. The molecule has 2 atom stereocenters. The predicted octanol–water partition coefficient (Wildman–Crippen LogP) is 6.43. The summed E-state index contributed by atoms with van der Waals surface area (Å²) in [6, 6.07) is 14.3. The van der Waals surface area contributed by atoms with Gasteiger partial charge in [-0.3, -0.25) is 4.98 Å². The van der Waals surface area contributed by atoms with Crippen molar-refractivity contribution in [2.45, 2.75) is 43.7 Å². The highest BCUT2D eigenvalue weighted by Gasteiger charge is 2.45. The number of hydrogen-bond donors (Lipinski definition) is 1. The molecule has 9 heteroatoms. The fraction of sp³-hybridized carbons (Fsp3) is 0.292. The fourth-order valence-corrected chi connectivity index (χ4v) is 4.36. The number of pyridine rings is 1. The Labute approximate surface area is 198 Å². The zero-order chi connectivity index (χ0) is 24.4. The van der Waals surface area contributed by atoms with Gasteiger partial charge >= 0.3 is 6.18 Å². The molecule has 0 aliphatic rings. The van der Waals surface area contributed by atoms with Crippen LogP contribution in [0.25, 0.3) is 0 Å². The molecule has 0 amide bonds. The van der Waals surface area contributed by atoms with Crippen LogP contribution >= 0.6 is 11.6 Å². The molecule has 176 valence electrons. The van der Waals surface area contributed by atoms with Crippen molar-refractivity contribution in [3.63, 3.8) is 0 Å². The van der Waals surface area contributed by atoms with Gasteiger partial charge in [0.1, 0.15) is 16.1 Å². The van der Waals surface area contributed by atoms with E-state index in [9.17, 15) is 22.1 Å². The van der Waals surface area contributed by atoms with Gasteiger partial charge in [-0.1, -0.05) is 41.9 Å². The largest absolute Gasteiger partial charge is 0.598 e. The Morgan fingerprint density at radius 2 is 1.61 bits per heavy atom. The van der Waals surface area contributed by atoms with Gasteiger partial charge in [0.05, 0.1) is 16.3 Å². The minimum Gasteiger partial charge on any atom is -0.598 e. The number of rotatable bonds is 6. The van der Waals surface area contributed by atoms with E-state index in [0.29, 0.717) is 11.1 Å². The average molecular weight is 499 g/mol. The van der Waals surface area contributed by atoms with Crippen molar-refractivity contribution in [1.82, 2.24) is 9.71 Å². The second kappa shape index (κ2) is 9.62. The summed E-state index contributed by atoms with van der Waals surface area (Å²) >= 11 is 4.26. The maximum Gasteiger partial charge on any atom is 0.416 e. The smallest absolute Gasteiger partial charge is 0.416 e. The van der Waals surface area contributed by atoms with E-state index in [1.54, 1.807) is 51.1 Å². The maximum atomic E-state index is 14.5. The molecule has 3 aromatic rings. The van der Waals surface area contributed by atoms with Crippen LogP contribution in [0.3, 0.4) is 0 Å². The Balaban J connectivity index is 2.33. The number of aromatic nitrogens is 1. The van der Waals surface area contributed by atoms with E-state index < -0.39 is 39.2 Å². The van der Waals surface area contributed by atoms with Gasteiger partial charge in [-0.15, -0.1) is 4.72 Å². The lowest BCUT2D eigenvalue weighted by Crippen LogP contribution is -2.53. The van der Waals surface area contributed by atoms with Crippen LogP contribution in [-0.4, -0.2) is 14.3 Å². The Kier molecular flexibility index (Phi) is 7.43. The first-order valence-corrected chi connectivity index (χ1v) is 11.6. The number of alkyl halides is 3. The van der Waals surface area contributed by atoms with Crippen LogP contribution < -0.4 is 4.72 Å². The highest BCUT2D eigenvalue weighted by Crippen LogP contribution is 2.39. The van der Waals surface area contributed by atoms with Crippen molar-refractivity contribution in [2.24, 2.45) is 0 Å². The fourth-order valence-electron chi connectivity index (χ4n) is 3.33. The molecule has 0 unspecified atom stereocenters. The SMILES string of the molecule is CC(C)(C)[S@@+]([O-])N[C@@](Cc1ccccc1)(c1cc(F)cc(C(F)(F)F)c1)c1ccc(Cl)cn1. The van der Waals surface area contributed by atoms with E-state index >= 15 is 0 Å². The van der Waals surface area contributed by atoms with Gasteiger partial charge < -0.3 is 4.55 Å². The number of nitrogens with one attached hydrogen (secondary N) is 1. The van der Waals surface area contributed by atoms with Crippen molar-refractivity contribution in [3.8, 4) is 0 Å². The summed E-state index contributed by atoms with van der Waals surface area (Å²) in [5, 5.41) is 0.319. The molecule has 1 heterocycles. The molecule has 0 aliphatic heterocycles. The molecule has 1 aromatic heterocycles. The van der Waals surface area contributed by atoms with E-state index in [-0.39, 0.29) is 17.7 Å². The third kappa shape index (κ3) is 6.06. The second-order valence-corrected chi connectivity index (χ2v) is 11.0. The van der Waals surface area contributed by atoms with E-state index in [0.717, 1.165) is 17.7 Å². The monoisotopic (exact) mass is 498 g/mol. The molecular weight excluding hydrogens is 476 g/mol. The first kappa shape index (κ1) is 25.5. The lowest BCUT2D eigenvalue weighted by molar-refractivity contribution is -0.137. The van der Waals surface area contributed by atoms with Gasteiger partial charge in [0.15, 0.2) is 0 Å². The summed E-state index contributed by atoms with van der Waals surface area (Å²) in [4.78, 5) is 4.35. The molecule has 0 fully saturated rings. The molecule has 2 aromatic carbocycles. The molecule has 0 aliphatic carbocycles. The molecule has 3 rings (SSSR count). The molecule has 0 saturated carbocycles. The zero-order valence-electron chi connectivity index (χ0n) is 18.2. The van der Waals surface area contributed by atoms with Crippen molar-refractivity contribution >= 4 is 23.0 Å². The zero-order valence-corrected chi connectivity index (χ0v) is 19.8. The molecule has 0 radical (unpaired) electrons. The van der Waals surface area contributed by atoms with E-state index in [1.165, 1.54) is 18.3 Å². The molecule has 3 nitrogen and oxygen atoms in total. The number of benzene rings is 2. The Hall–Kier alpha value is -2.13. The van der Waals surface area contributed by atoms with Gasteiger partial charge in [0.2, 0.25) is 0 Å². The lowest BCUT2D eigenvalue weighted by atomic mass is 9.81. The summed E-state index contributed by atoms with van der Waals surface area (Å²) in [5.41, 5.74) is -1.76. The maximum absolute atomic E-state index is 14.5. The number of halogens is 5. The van der Waals surface area contributed by atoms with Gasteiger partial charge in [-0.25, -0.2) is 4.39 Å². The van der Waals surface area contributed by atoms with Crippen molar-refractivity contribution in [2.75, 3.05) is 0 Å². The van der Waals surface area contributed by atoms with Crippen molar-refractivity contribution in [3.05, 3.63) is 100 Å². The normalized spacial score (nSPS) is 15.2. The second-order valence-electron chi connectivity index (χ2n) is 8.64. The molecule has 0 spiro atoms. The molecule has 1 N–H and O–H groups in total. The van der Waals surface area contributed by atoms with Gasteiger partial charge in [-0.2, -0.15) is 13.2 Å². The van der Waals surface area contributed by atoms with Crippen LogP contribution in [0.1, 0.15) is 43.2 Å². The molecule has 0 saturated heterocycles. The van der Waals surface area contributed by atoms with Crippen LogP contribution in [0.4, 0.5) is 17.6 Å². The van der Waals surface area contributed by atoms with Crippen LogP contribution in [0.15, 0.2) is 66.9 Å². The Morgan fingerprint density at radius 3 is 2.15 bits per heavy atom. The van der Waals surface area contributed by atoms with Crippen LogP contribution in [-0.2, 0) is 29.5 Å². The van der Waals surface area contributed by atoms with Gasteiger partial charge in [0.25, 0.3) is 0 Å². The van der Waals surface area contributed by atoms with E-state index in [4.69, 9.17) is 11.6 Å². The predicted molar refractivity (Wildman–Crippen MR) is 123 cm³/mol. The Bertz CT molecular complexity index is 1090. The lowest BCUT2D eigenvalue weighted by Gasteiger charge is -2.38. The summed E-state index contributed by atoms with van der Waals surface area (Å²) in [6.45, 7) is 5.18. The van der Waals surface area contributed by atoms with Gasteiger partial charge in [-0.05, 0) is 62.2 Å². The van der Waals surface area contributed by atoms with Crippen LogP contribution in [0.5, 0.6) is 0 Å². The van der Waals surface area contributed by atoms with Crippen molar-refractivity contribution < 1.29 is 22.1 Å². The Morgan fingerprint density at radius 1 is 0.970 bits per heavy atom. The minimum absolute atomic E-state index is 0.0499. The molecular formula is C24H23ClF4N2OS. The first-order chi connectivity index (χ1) is 15.3. The van der Waals surface area contributed by atoms with E-state index in [2.05, 4.69) is 9.71 Å². The highest BCUT2D eigenvalue weighted by atomic mass is 35.5. The minimum atomic E-state index is -4.77. The molecule has 33 heavy (non-hydrogen) atoms. The van der Waals surface area contributed by atoms with Crippen LogP contribution in [0.2, 0.25) is 5.02 Å². The topological polar surface area (TPSA) is 48.0 Å². The third-order valence-corrected chi connectivity index (χ3v) is 6.89. The summed E-state index contributed by atoms with van der Waals surface area (Å²) in [5.74, 6) is -1.06. The number of nitrogens with zero attached hydrogens (tertiary/aromatic N) is 1. The first-order valence-electron chi connectivity index (χ1n) is 10.1. The number of hydrogen-bond acceptors (Lipinski definition) is 3. The van der Waals surface area contributed by atoms with Crippen LogP contribution in [0, 0.1) is 5.82 Å². The van der Waals surface area contributed by atoms with E-state index in [1.807, 2.05) is 0 Å². The summed E-state index contributed by atoms with van der Waals surface area (Å²) in [7, 11) is 0. The standard InChI is InChI=1S/C24H23ClF4N2OS/c1-22(2,3)33(32)31-23(14-16-7-5-4-6-8-16,21-10-9-19(25)15-30-21)17-11-18(24(27,28)29)13-20(26)12-17/h4-13,15,31H,14H2,1-3H3/t23-,33+/m0/s1.